The standard InChI is InChI=1S/C11H10BrN3S/c12-8-9(6-1-2-6)14-11(15-10(8)13)7-3-4-16-5-7/h3-6H,1-2H2,(H2,13,14,15). The zero-order valence-corrected chi connectivity index (χ0v) is 10.9. The largest absolute Gasteiger partial charge is 0.383 e. The summed E-state index contributed by atoms with van der Waals surface area (Å²) in [6.07, 6.45) is 2.41. The van der Waals surface area contributed by atoms with Crippen LogP contribution in [0.5, 0.6) is 0 Å². The van der Waals surface area contributed by atoms with E-state index in [4.69, 9.17) is 5.73 Å². The molecular weight excluding hydrogens is 286 g/mol. The highest BCUT2D eigenvalue weighted by molar-refractivity contribution is 9.10. The predicted molar refractivity (Wildman–Crippen MR) is 69.4 cm³/mol. The highest BCUT2D eigenvalue weighted by atomic mass is 79.9. The zero-order chi connectivity index (χ0) is 11.1. The van der Waals surface area contributed by atoms with Crippen LogP contribution in [0.25, 0.3) is 11.4 Å². The number of nitrogens with two attached hydrogens (primary N) is 1. The molecule has 3 rings (SSSR count). The van der Waals surface area contributed by atoms with E-state index in [-0.39, 0.29) is 0 Å². The van der Waals surface area contributed by atoms with Crippen molar-refractivity contribution in [3.63, 3.8) is 0 Å². The molecule has 0 radical (unpaired) electrons. The zero-order valence-electron chi connectivity index (χ0n) is 8.48. The lowest BCUT2D eigenvalue weighted by atomic mass is 10.2. The van der Waals surface area contributed by atoms with Crippen LogP contribution in [0.15, 0.2) is 21.3 Å². The van der Waals surface area contributed by atoms with Crippen molar-refractivity contribution < 1.29 is 0 Å². The van der Waals surface area contributed by atoms with E-state index in [9.17, 15) is 0 Å². The molecule has 0 unspecified atom stereocenters. The number of rotatable bonds is 2. The second-order valence-corrected chi connectivity index (χ2v) is 5.49. The Morgan fingerprint density at radius 2 is 2.19 bits per heavy atom. The van der Waals surface area contributed by atoms with Gasteiger partial charge in [0.05, 0.1) is 10.2 Å². The first-order chi connectivity index (χ1) is 7.75. The molecule has 5 heteroatoms. The highest BCUT2D eigenvalue weighted by Gasteiger charge is 2.29. The summed E-state index contributed by atoms with van der Waals surface area (Å²) >= 11 is 5.11. The van der Waals surface area contributed by atoms with Gasteiger partial charge in [-0.15, -0.1) is 0 Å². The van der Waals surface area contributed by atoms with Crippen molar-refractivity contribution in [1.29, 1.82) is 0 Å². The Morgan fingerprint density at radius 1 is 1.38 bits per heavy atom. The summed E-state index contributed by atoms with van der Waals surface area (Å²) in [5.74, 6) is 1.85. The molecule has 0 bridgehead atoms. The monoisotopic (exact) mass is 295 g/mol. The summed E-state index contributed by atoms with van der Waals surface area (Å²) in [4.78, 5) is 8.92. The summed E-state index contributed by atoms with van der Waals surface area (Å²) in [7, 11) is 0. The lowest BCUT2D eigenvalue weighted by molar-refractivity contribution is 0.985. The average Bonchev–Trinajstić information content (AvgIpc) is 2.96. The number of hydrogen-bond acceptors (Lipinski definition) is 4. The fourth-order valence-corrected chi connectivity index (χ4v) is 2.77. The first-order valence-electron chi connectivity index (χ1n) is 5.11. The van der Waals surface area contributed by atoms with Crippen LogP contribution in [-0.2, 0) is 0 Å². The molecule has 2 aromatic heterocycles. The van der Waals surface area contributed by atoms with Crippen LogP contribution in [0.2, 0.25) is 0 Å². The van der Waals surface area contributed by atoms with Crippen molar-refractivity contribution in [3.05, 3.63) is 27.0 Å². The maximum atomic E-state index is 5.90. The molecule has 1 saturated carbocycles. The molecule has 0 spiro atoms. The van der Waals surface area contributed by atoms with Crippen LogP contribution < -0.4 is 5.73 Å². The number of halogens is 1. The minimum Gasteiger partial charge on any atom is -0.383 e. The van der Waals surface area contributed by atoms with Gasteiger partial charge in [0.1, 0.15) is 5.82 Å². The lowest BCUT2D eigenvalue weighted by Gasteiger charge is -2.06. The summed E-state index contributed by atoms with van der Waals surface area (Å²) in [6, 6.07) is 2.02. The normalized spacial score (nSPS) is 15.3. The maximum Gasteiger partial charge on any atom is 0.162 e. The summed E-state index contributed by atoms with van der Waals surface area (Å²) < 4.78 is 0.869. The molecule has 3 nitrogen and oxygen atoms in total. The van der Waals surface area contributed by atoms with Gasteiger partial charge in [0.2, 0.25) is 0 Å². The summed E-state index contributed by atoms with van der Waals surface area (Å²) in [5.41, 5.74) is 8.01. The van der Waals surface area contributed by atoms with Gasteiger partial charge < -0.3 is 5.73 Å². The molecule has 2 N–H and O–H groups in total. The molecule has 0 aromatic carbocycles. The molecule has 82 valence electrons. The van der Waals surface area contributed by atoms with Crippen molar-refractivity contribution >= 4 is 33.1 Å². The van der Waals surface area contributed by atoms with E-state index in [1.54, 1.807) is 11.3 Å². The second kappa shape index (κ2) is 3.82. The van der Waals surface area contributed by atoms with E-state index >= 15 is 0 Å². The Balaban J connectivity index is 2.13. The first kappa shape index (κ1) is 10.2. The second-order valence-electron chi connectivity index (χ2n) is 3.92. The van der Waals surface area contributed by atoms with E-state index < -0.39 is 0 Å². The van der Waals surface area contributed by atoms with Crippen LogP contribution >= 0.6 is 27.3 Å². The molecule has 2 aromatic rings. The number of hydrogen-bond donors (Lipinski definition) is 1. The Morgan fingerprint density at radius 3 is 2.81 bits per heavy atom. The molecule has 0 atom stereocenters. The third kappa shape index (κ3) is 1.74. The fourth-order valence-electron chi connectivity index (χ4n) is 1.63. The predicted octanol–water partition coefficient (Wildman–Crippen LogP) is 3.43. The van der Waals surface area contributed by atoms with Gasteiger partial charge in [0.25, 0.3) is 0 Å². The molecule has 1 aliphatic carbocycles. The Labute approximate surface area is 106 Å². The van der Waals surface area contributed by atoms with Crippen molar-refractivity contribution in [2.75, 3.05) is 5.73 Å². The lowest BCUT2D eigenvalue weighted by Crippen LogP contribution is -2.01. The van der Waals surface area contributed by atoms with Crippen molar-refractivity contribution in [2.45, 2.75) is 18.8 Å². The smallest absolute Gasteiger partial charge is 0.162 e. The summed E-state index contributed by atoms with van der Waals surface area (Å²) in [5, 5.41) is 4.06. The van der Waals surface area contributed by atoms with Gasteiger partial charge in [-0.05, 0) is 40.2 Å². The van der Waals surface area contributed by atoms with Crippen molar-refractivity contribution in [1.82, 2.24) is 9.97 Å². The molecule has 1 aliphatic rings. The highest BCUT2D eigenvalue weighted by Crippen LogP contribution is 2.44. The third-order valence-electron chi connectivity index (χ3n) is 2.65. The summed E-state index contributed by atoms with van der Waals surface area (Å²) in [6.45, 7) is 0. The minimum absolute atomic E-state index is 0.540. The number of aromatic nitrogens is 2. The van der Waals surface area contributed by atoms with Crippen LogP contribution in [0.1, 0.15) is 24.5 Å². The van der Waals surface area contributed by atoms with Gasteiger partial charge in [0, 0.05) is 16.9 Å². The van der Waals surface area contributed by atoms with Crippen LogP contribution in [-0.4, -0.2) is 9.97 Å². The number of anilines is 1. The van der Waals surface area contributed by atoms with Gasteiger partial charge in [0.15, 0.2) is 5.82 Å². The van der Waals surface area contributed by atoms with Crippen LogP contribution in [0.4, 0.5) is 5.82 Å². The van der Waals surface area contributed by atoms with Gasteiger partial charge >= 0.3 is 0 Å². The molecule has 16 heavy (non-hydrogen) atoms. The minimum atomic E-state index is 0.540. The molecule has 2 heterocycles. The van der Waals surface area contributed by atoms with Crippen LogP contribution in [0.3, 0.4) is 0 Å². The third-order valence-corrected chi connectivity index (χ3v) is 4.14. The maximum absolute atomic E-state index is 5.90. The SMILES string of the molecule is Nc1nc(-c2ccsc2)nc(C2CC2)c1Br. The molecule has 0 amide bonds. The molecule has 0 saturated heterocycles. The van der Waals surface area contributed by atoms with E-state index in [1.807, 2.05) is 16.8 Å². The molecule has 0 aliphatic heterocycles. The van der Waals surface area contributed by atoms with Crippen molar-refractivity contribution in [2.24, 2.45) is 0 Å². The number of nitrogen functional groups attached to an aromatic ring is 1. The Hall–Kier alpha value is -0.940. The first-order valence-corrected chi connectivity index (χ1v) is 6.85. The molecule has 1 fully saturated rings. The Bertz CT molecular complexity index is 520. The Kier molecular flexibility index (Phi) is 2.44. The van der Waals surface area contributed by atoms with Gasteiger partial charge in [-0.2, -0.15) is 11.3 Å². The quantitative estimate of drug-likeness (QED) is 0.923. The van der Waals surface area contributed by atoms with E-state index in [0.29, 0.717) is 11.7 Å². The number of thiophene rings is 1. The fraction of sp³-hybridized carbons (Fsp3) is 0.273. The number of nitrogens with zero attached hydrogens (tertiary/aromatic N) is 2. The van der Waals surface area contributed by atoms with Gasteiger partial charge in [-0.1, -0.05) is 0 Å². The molecular formula is C11H10BrN3S. The van der Waals surface area contributed by atoms with E-state index in [1.165, 1.54) is 12.8 Å². The average molecular weight is 296 g/mol. The van der Waals surface area contributed by atoms with Crippen LogP contribution in [0, 0.1) is 0 Å². The van der Waals surface area contributed by atoms with Gasteiger partial charge in [-0.3, -0.25) is 0 Å². The van der Waals surface area contributed by atoms with Gasteiger partial charge in [-0.25, -0.2) is 9.97 Å². The van der Waals surface area contributed by atoms with Crippen molar-refractivity contribution in [3.8, 4) is 11.4 Å². The topological polar surface area (TPSA) is 51.8 Å². The van der Waals surface area contributed by atoms with E-state index in [0.717, 1.165) is 21.6 Å². The van der Waals surface area contributed by atoms with E-state index in [2.05, 4.69) is 25.9 Å².